The van der Waals surface area contributed by atoms with E-state index in [0.29, 0.717) is 0 Å². The Balaban J connectivity index is 2.80. The average Bonchev–Trinajstić information content (AvgIpc) is 2.36. The fraction of sp³-hybridized carbons (Fsp3) is 0.500. The highest BCUT2D eigenvalue weighted by molar-refractivity contribution is 5.88. The van der Waals surface area contributed by atoms with Gasteiger partial charge < -0.3 is 10.4 Å². The summed E-state index contributed by atoms with van der Waals surface area (Å²) in [6.07, 6.45) is 4.02. The van der Waals surface area contributed by atoms with E-state index in [1.54, 1.807) is 0 Å². The summed E-state index contributed by atoms with van der Waals surface area (Å²) < 4.78 is 13.6. The van der Waals surface area contributed by atoms with Gasteiger partial charge in [0.2, 0.25) is 0 Å². The molecule has 0 saturated carbocycles. The van der Waals surface area contributed by atoms with Crippen LogP contribution in [0.5, 0.6) is 0 Å². The van der Waals surface area contributed by atoms with Crippen molar-refractivity contribution in [1.82, 2.24) is 0 Å². The van der Waals surface area contributed by atoms with Gasteiger partial charge in [0, 0.05) is 6.04 Å². The zero-order valence-corrected chi connectivity index (χ0v) is 10.9. The molecular formula is C14H20FNO2. The van der Waals surface area contributed by atoms with Gasteiger partial charge in [-0.25, -0.2) is 9.18 Å². The summed E-state index contributed by atoms with van der Waals surface area (Å²) in [5.41, 5.74) is 0.377. The van der Waals surface area contributed by atoms with Gasteiger partial charge in [-0.15, -0.1) is 0 Å². The summed E-state index contributed by atoms with van der Waals surface area (Å²) in [5.74, 6) is -1.45. The van der Waals surface area contributed by atoms with E-state index in [1.807, 2.05) is 6.92 Å². The third-order valence-electron chi connectivity index (χ3n) is 2.97. The molecule has 1 atom stereocenters. The molecule has 0 aliphatic carbocycles. The summed E-state index contributed by atoms with van der Waals surface area (Å²) in [5, 5.41) is 12.0. The lowest BCUT2D eigenvalue weighted by atomic mass is 10.1. The van der Waals surface area contributed by atoms with Gasteiger partial charge in [-0.05, 0) is 31.0 Å². The molecule has 0 radical (unpaired) electrons. The molecule has 0 aliphatic rings. The Bertz CT molecular complexity index is 407. The Morgan fingerprint density at radius 1 is 1.44 bits per heavy atom. The topological polar surface area (TPSA) is 49.3 Å². The van der Waals surface area contributed by atoms with E-state index >= 15 is 0 Å². The van der Waals surface area contributed by atoms with Crippen molar-refractivity contribution in [3.63, 3.8) is 0 Å². The van der Waals surface area contributed by atoms with Crippen LogP contribution in [0.25, 0.3) is 0 Å². The van der Waals surface area contributed by atoms with Crippen LogP contribution in [0, 0.1) is 5.82 Å². The van der Waals surface area contributed by atoms with Crippen LogP contribution in [0.4, 0.5) is 10.1 Å². The first-order valence-electron chi connectivity index (χ1n) is 6.37. The van der Waals surface area contributed by atoms with E-state index in [0.717, 1.165) is 25.7 Å². The molecule has 18 heavy (non-hydrogen) atoms. The first-order chi connectivity index (χ1) is 8.58. The van der Waals surface area contributed by atoms with Crippen LogP contribution in [-0.4, -0.2) is 17.1 Å². The zero-order chi connectivity index (χ0) is 13.5. The van der Waals surface area contributed by atoms with E-state index < -0.39 is 11.8 Å². The van der Waals surface area contributed by atoms with E-state index in [4.69, 9.17) is 5.11 Å². The van der Waals surface area contributed by atoms with Gasteiger partial charge in [0.05, 0.1) is 11.3 Å². The molecule has 100 valence electrons. The van der Waals surface area contributed by atoms with Crippen LogP contribution in [-0.2, 0) is 0 Å². The Hall–Kier alpha value is -1.58. The predicted octanol–water partition coefficient (Wildman–Crippen LogP) is 3.90. The molecule has 0 aromatic heterocycles. The van der Waals surface area contributed by atoms with Crippen LogP contribution >= 0.6 is 0 Å². The Labute approximate surface area is 107 Å². The molecule has 2 N–H and O–H groups in total. The van der Waals surface area contributed by atoms with Gasteiger partial charge in [0.1, 0.15) is 5.82 Å². The fourth-order valence-corrected chi connectivity index (χ4v) is 1.82. The number of carboxylic acids is 1. The molecule has 0 heterocycles. The van der Waals surface area contributed by atoms with Crippen molar-refractivity contribution >= 4 is 11.7 Å². The largest absolute Gasteiger partial charge is 0.478 e. The number of hydrogen-bond donors (Lipinski definition) is 2. The number of rotatable bonds is 7. The number of benzene rings is 1. The minimum Gasteiger partial charge on any atom is -0.478 e. The SMILES string of the molecule is CCCCC(CC)Nc1cc(C(=O)O)ccc1F. The highest BCUT2D eigenvalue weighted by atomic mass is 19.1. The molecule has 0 aliphatic heterocycles. The maximum absolute atomic E-state index is 13.6. The number of nitrogens with one attached hydrogen (secondary N) is 1. The van der Waals surface area contributed by atoms with Crippen molar-refractivity contribution in [1.29, 1.82) is 0 Å². The highest BCUT2D eigenvalue weighted by Crippen LogP contribution is 2.19. The first kappa shape index (κ1) is 14.5. The number of carbonyl (C=O) groups is 1. The van der Waals surface area contributed by atoms with Crippen molar-refractivity contribution in [2.45, 2.75) is 45.6 Å². The van der Waals surface area contributed by atoms with Crippen LogP contribution < -0.4 is 5.32 Å². The molecule has 0 amide bonds. The van der Waals surface area contributed by atoms with Crippen molar-refractivity contribution < 1.29 is 14.3 Å². The average molecular weight is 253 g/mol. The predicted molar refractivity (Wildman–Crippen MR) is 70.6 cm³/mol. The maximum atomic E-state index is 13.6. The number of anilines is 1. The van der Waals surface area contributed by atoms with Gasteiger partial charge >= 0.3 is 5.97 Å². The molecular weight excluding hydrogens is 233 g/mol. The molecule has 0 fully saturated rings. The monoisotopic (exact) mass is 253 g/mol. The molecule has 4 heteroatoms. The molecule has 0 spiro atoms. The van der Waals surface area contributed by atoms with Crippen LogP contribution in [0.15, 0.2) is 18.2 Å². The molecule has 1 aromatic carbocycles. The standard InChI is InChI=1S/C14H20FNO2/c1-3-5-6-11(4-2)16-13-9-10(14(17)18)7-8-12(13)15/h7-9,11,16H,3-6H2,1-2H3,(H,17,18). The third-order valence-corrected chi connectivity index (χ3v) is 2.97. The Morgan fingerprint density at radius 3 is 2.72 bits per heavy atom. The van der Waals surface area contributed by atoms with Crippen molar-refractivity contribution in [3.05, 3.63) is 29.6 Å². The number of halogens is 1. The molecule has 3 nitrogen and oxygen atoms in total. The second-order valence-electron chi connectivity index (χ2n) is 4.39. The molecule has 0 saturated heterocycles. The normalized spacial score (nSPS) is 12.2. The van der Waals surface area contributed by atoms with Crippen molar-refractivity contribution in [3.8, 4) is 0 Å². The maximum Gasteiger partial charge on any atom is 0.335 e. The second kappa shape index (κ2) is 6.99. The number of hydrogen-bond acceptors (Lipinski definition) is 2. The summed E-state index contributed by atoms with van der Waals surface area (Å²) >= 11 is 0. The lowest BCUT2D eigenvalue weighted by Crippen LogP contribution is -2.19. The van der Waals surface area contributed by atoms with Crippen LogP contribution in [0.3, 0.4) is 0 Å². The van der Waals surface area contributed by atoms with Gasteiger partial charge in [0.25, 0.3) is 0 Å². The van der Waals surface area contributed by atoms with Crippen molar-refractivity contribution in [2.24, 2.45) is 0 Å². The third kappa shape index (κ3) is 4.02. The minimum absolute atomic E-state index is 0.101. The lowest BCUT2D eigenvalue weighted by Gasteiger charge is -2.18. The molecule has 1 rings (SSSR count). The number of aromatic carboxylic acids is 1. The van der Waals surface area contributed by atoms with Crippen LogP contribution in [0.1, 0.15) is 49.9 Å². The van der Waals surface area contributed by atoms with E-state index in [9.17, 15) is 9.18 Å². The Morgan fingerprint density at radius 2 is 2.17 bits per heavy atom. The lowest BCUT2D eigenvalue weighted by molar-refractivity contribution is 0.0697. The zero-order valence-electron chi connectivity index (χ0n) is 10.9. The number of unbranched alkanes of at least 4 members (excludes halogenated alkanes) is 1. The second-order valence-corrected chi connectivity index (χ2v) is 4.39. The summed E-state index contributed by atoms with van der Waals surface area (Å²) in [7, 11) is 0. The quantitative estimate of drug-likeness (QED) is 0.774. The molecule has 1 aromatic rings. The van der Waals surface area contributed by atoms with Gasteiger partial charge in [-0.2, -0.15) is 0 Å². The smallest absolute Gasteiger partial charge is 0.335 e. The number of carboxylic acid groups (broad SMARTS) is 1. The van der Waals surface area contributed by atoms with Crippen molar-refractivity contribution in [2.75, 3.05) is 5.32 Å². The first-order valence-corrected chi connectivity index (χ1v) is 6.37. The highest BCUT2D eigenvalue weighted by Gasteiger charge is 2.11. The summed E-state index contributed by atoms with van der Waals surface area (Å²) in [6, 6.07) is 4.00. The van der Waals surface area contributed by atoms with E-state index in [2.05, 4.69) is 12.2 Å². The molecule has 1 unspecified atom stereocenters. The van der Waals surface area contributed by atoms with Gasteiger partial charge in [0.15, 0.2) is 0 Å². The summed E-state index contributed by atoms with van der Waals surface area (Å²) in [4.78, 5) is 10.8. The van der Waals surface area contributed by atoms with Gasteiger partial charge in [-0.3, -0.25) is 0 Å². The van der Waals surface area contributed by atoms with Crippen LogP contribution in [0.2, 0.25) is 0 Å². The summed E-state index contributed by atoms with van der Waals surface area (Å²) in [6.45, 7) is 4.14. The Kier molecular flexibility index (Phi) is 5.62. The minimum atomic E-state index is -1.04. The van der Waals surface area contributed by atoms with E-state index in [1.165, 1.54) is 18.2 Å². The van der Waals surface area contributed by atoms with E-state index in [-0.39, 0.29) is 17.3 Å². The van der Waals surface area contributed by atoms with Gasteiger partial charge in [-0.1, -0.05) is 26.7 Å². The fourth-order valence-electron chi connectivity index (χ4n) is 1.82. The molecule has 0 bridgehead atoms.